The third kappa shape index (κ3) is 4.42. The van der Waals surface area contributed by atoms with Crippen molar-refractivity contribution in [3.63, 3.8) is 0 Å². The Hall–Kier alpha value is -1.63. The van der Waals surface area contributed by atoms with E-state index in [1.54, 1.807) is 0 Å². The quantitative estimate of drug-likeness (QED) is 0.782. The molecule has 114 valence electrons. The molecule has 1 aromatic carbocycles. The van der Waals surface area contributed by atoms with Gasteiger partial charge in [-0.05, 0) is 31.0 Å². The molecule has 1 aliphatic heterocycles. The van der Waals surface area contributed by atoms with Gasteiger partial charge in [0.1, 0.15) is 0 Å². The second-order valence-electron chi connectivity index (χ2n) is 5.06. The van der Waals surface area contributed by atoms with Crippen molar-refractivity contribution in [2.45, 2.75) is 18.9 Å². The molecule has 7 heteroatoms. The van der Waals surface area contributed by atoms with Crippen molar-refractivity contribution >= 4 is 29.2 Å². The molecule has 6 nitrogen and oxygen atoms in total. The number of carbonyl (C=O) groups excluding carboxylic acids is 1. The van der Waals surface area contributed by atoms with E-state index in [0.717, 1.165) is 0 Å². The van der Waals surface area contributed by atoms with Gasteiger partial charge in [0.05, 0.1) is 28.9 Å². The number of halogens is 1. The predicted octanol–water partition coefficient (Wildman–Crippen LogP) is 1.43. The summed E-state index contributed by atoms with van der Waals surface area (Å²) in [5, 5.41) is 21.3. The van der Waals surface area contributed by atoms with Crippen LogP contribution >= 0.6 is 11.6 Å². The second-order valence-corrected chi connectivity index (χ2v) is 5.46. The minimum absolute atomic E-state index is 0.0656. The van der Waals surface area contributed by atoms with Crippen LogP contribution in [-0.2, 0) is 4.79 Å². The third-order valence-electron chi connectivity index (χ3n) is 3.41. The molecular weight excluding hydrogens is 296 g/mol. The summed E-state index contributed by atoms with van der Waals surface area (Å²) in [4.78, 5) is 24.8. The van der Waals surface area contributed by atoms with Crippen LogP contribution in [0.15, 0.2) is 18.2 Å². The largest absolute Gasteiger partial charge is 0.478 e. The number of amides is 1. The highest BCUT2D eigenvalue weighted by Crippen LogP contribution is 2.23. The van der Waals surface area contributed by atoms with Crippen molar-refractivity contribution in [2.75, 3.05) is 25.0 Å². The van der Waals surface area contributed by atoms with Crippen molar-refractivity contribution < 1.29 is 19.8 Å². The van der Waals surface area contributed by atoms with Gasteiger partial charge < -0.3 is 15.5 Å². The first-order valence-corrected chi connectivity index (χ1v) is 7.06. The Kier molecular flexibility index (Phi) is 5.17. The molecule has 1 aromatic rings. The number of aliphatic hydroxyl groups excluding tert-OH is 1. The Labute approximate surface area is 127 Å². The van der Waals surface area contributed by atoms with E-state index in [-0.39, 0.29) is 24.1 Å². The molecule has 1 heterocycles. The zero-order valence-electron chi connectivity index (χ0n) is 11.4. The zero-order valence-corrected chi connectivity index (χ0v) is 12.1. The van der Waals surface area contributed by atoms with Gasteiger partial charge in [0.15, 0.2) is 0 Å². The summed E-state index contributed by atoms with van der Waals surface area (Å²) in [7, 11) is 0. The number of carbonyl (C=O) groups is 2. The molecule has 0 bridgehead atoms. The van der Waals surface area contributed by atoms with Gasteiger partial charge in [-0.15, -0.1) is 0 Å². The van der Waals surface area contributed by atoms with Crippen molar-refractivity contribution in [1.29, 1.82) is 0 Å². The fourth-order valence-electron chi connectivity index (χ4n) is 2.22. The molecule has 0 saturated carbocycles. The van der Waals surface area contributed by atoms with Gasteiger partial charge >= 0.3 is 5.97 Å². The lowest BCUT2D eigenvalue weighted by Gasteiger charge is -2.28. The molecule has 0 atom stereocenters. The first kappa shape index (κ1) is 15.8. The van der Waals surface area contributed by atoms with E-state index in [4.69, 9.17) is 16.7 Å². The first-order chi connectivity index (χ1) is 9.95. The van der Waals surface area contributed by atoms with Gasteiger partial charge in [-0.1, -0.05) is 11.6 Å². The maximum atomic E-state index is 12.0. The van der Waals surface area contributed by atoms with Gasteiger partial charge in [0.2, 0.25) is 5.91 Å². The van der Waals surface area contributed by atoms with E-state index in [2.05, 4.69) is 5.32 Å². The summed E-state index contributed by atoms with van der Waals surface area (Å²) in [6.07, 6.45) is 1.02. The van der Waals surface area contributed by atoms with Crippen LogP contribution < -0.4 is 5.32 Å². The Balaban J connectivity index is 1.96. The molecule has 1 saturated heterocycles. The van der Waals surface area contributed by atoms with Crippen LogP contribution in [-0.4, -0.2) is 52.7 Å². The fourth-order valence-corrected chi connectivity index (χ4v) is 2.39. The van der Waals surface area contributed by atoms with Crippen LogP contribution in [0.3, 0.4) is 0 Å². The van der Waals surface area contributed by atoms with E-state index < -0.39 is 5.97 Å². The highest BCUT2D eigenvalue weighted by Gasteiger charge is 2.19. The van der Waals surface area contributed by atoms with Crippen LogP contribution in [0.5, 0.6) is 0 Å². The number of carboxylic acids is 1. The molecule has 0 unspecified atom stereocenters. The Bertz CT molecular complexity index is 542. The monoisotopic (exact) mass is 312 g/mol. The van der Waals surface area contributed by atoms with E-state index >= 15 is 0 Å². The van der Waals surface area contributed by atoms with Crippen LogP contribution in [0.25, 0.3) is 0 Å². The number of nitrogens with one attached hydrogen (secondary N) is 1. The molecule has 1 aliphatic rings. The summed E-state index contributed by atoms with van der Waals surface area (Å²) < 4.78 is 0. The number of hydrogen-bond acceptors (Lipinski definition) is 4. The highest BCUT2D eigenvalue weighted by molar-refractivity contribution is 6.33. The fraction of sp³-hybridized carbons (Fsp3) is 0.429. The molecule has 0 aliphatic carbocycles. The van der Waals surface area contributed by atoms with E-state index in [0.29, 0.717) is 36.6 Å². The van der Waals surface area contributed by atoms with Crippen molar-refractivity contribution in [2.24, 2.45) is 0 Å². The van der Waals surface area contributed by atoms with Crippen molar-refractivity contribution in [1.82, 2.24) is 4.90 Å². The normalized spacial score (nSPS) is 16.7. The topological polar surface area (TPSA) is 89.9 Å². The van der Waals surface area contributed by atoms with Crippen molar-refractivity contribution in [3.05, 3.63) is 28.8 Å². The SMILES string of the molecule is O=C(CN1CCC(O)CC1)Nc1cc(C(=O)O)ccc1Cl. The average molecular weight is 313 g/mol. The number of rotatable bonds is 4. The van der Waals surface area contributed by atoms with E-state index in [1.807, 2.05) is 4.90 Å². The number of hydrogen-bond donors (Lipinski definition) is 3. The van der Waals surface area contributed by atoms with Gasteiger partial charge in [-0.3, -0.25) is 9.69 Å². The molecule has 3 N–H and O–H groups in total. The van der Waals surface area contributed by atoms with Gasteiger partial charge in [0, 0.05) is 13.1 Å². The number of piperidine rings is 1. The molecule has 0 spiro atoms. The summed E-state index contributed by atoms with van der Waals surface area (Å²) in [6.45, 7) is 1.52. The summed E-state index contributed by atoms with van der Waals surface area (Å²) in [6, 6.07) is 4.16. The Morgan fingerprint density at radius 2 is 2.00 bits per heavy atom. The minimum Gasteiger partial charge on any atom is -0.478 e. The molecule has 21 heavy (non-hydrogen) atoms. The number of aliphatic hydroxyl groups is 1. The maximum Gasteiger partial charge on any atom is 0.335 e. The van der Waals surface area contributed by atoms with Crippen LogP contribution in [0.1, 0.15) is 23.2 Å². The molecule has 2 rings (SSSR count). The zero-order chi connectivity index (χ0) is 15.4. The van der Waals surface area contributed by atoms with Gasteiger partial charge in [-0.25, -0.2) is 4.79 Å². The Morgan fingerprint density at radius 1 is 1.33 bits per heavy atom. The second kappa shape index (κ2) is 6.89. The lowest BCUT2D eigenvalue weighted by molar-refractivity contribution is -0.117. The third-order valence-corrected chi connectivity index (χ3v) is 3.74. The summed E-state index contributed by atoms with van der Waals surface area (Å²) >= 11 is 5.95. The van der Waals surface area contributed by atoms with Crippen LogP contribution in [0, 0.1) is 0 Å². The van der Waals surface area contributed by atoms with Crippen LogP contribution in [0.2, 0.25) is 5.02 Å². The van der Waals surface area contributed by atoms with Gasteiger partial charge in [0.25, 0.3) is 0 Å². The predicted molar refractivity (Wildman–Crippen MR) is 78.7 cm³/mol. The maximum absolute atomic E-state index is 12.0. The van der Waals surface area contributed by atoms with Crippen molar-refractivity contribution in [3.8, 4) is 0 Å². The highest BCUT2D eigenvalue weighted by atomic mass is 35.5. The summed E-state index contributed by atoms with van der Waals surface area (Å²) in [5.74, 6) is -1.33. The number of carboxylic acid groups (broad SMARTS) is 1. The first-order valence-electron chi connectivity index (χ1n) is 6.69. The minimum atomic E-state index is -1.08. The number of likely N-dealkylation sites (tertiary alicyclic amines) is 1. The van der Waals surface area contributed by atoms with E-state index in [1.165, 1.54) is 18.2 Å². The molecular formula is C14H17ClN2O4. The molecule has 0 aromatic heterocycles. The summed E-state index contributed by atoms with van der Waals surface area (Å²) in [5.41, 5.74) is 0.356. The van der Waals surface area contributed by atoms with Crippen LogP contribution in [0.4, 0.5) is 5.69 Å². The smallest absolute Gasteiger partial charge is 0.335 e. The standard InChI is InChI=1S/C14H17ClN2O4/c15-11-2-1-9(14(20)21)7-12(11)16-13(19)8-17-5-3-10(18)4-6-17/h1-2,7,10,18H,3-6,8H2,(H,16,19)(H,20,21). The molecule has 1 fully saturated rings. The van der Waals surface area contributed by atoms with E-state index in [9.17, 15) is 14.7 Å². The Morgan fingerprint density at radius 3 is 2.62 bits per heavy atom. The molecule has 0 radical (unpaired) electrons. The number of benzene rings is 1. The molecule has 1 amide bonds. The number of anilines is 1. The lowest BCUT2D eigenvalue weighted by atomic mass is 10.1. The number of nitrogens with zero attached hydrogens (tertiary/aromatic N) is 1. The number of aromatic carboxylic acids is 1. The lowest BCUT2D eigenvalue weighted by Crippen LogP contribution is -2.40. The average Bonchev–Trinajstić information content (AvgIpc) is 2.43. The van der Waals surface area contributed by atoms with Gasteiger partial charge in [-0.2, -0.15) is 0 Å².